The van der Waals surface area contributed by atoms with Crippen molar-refractivity contribution in [2.24, 2.45) is 0 Å². The van der Waals surface area contributed by atoms with Gasteiger partial charge in [0.25, 0.3) is 0 Å². The van der Waals surface area contributed by atoms with Crippen molar-refractivity contribution in [3.8, 4) is 0 Å². The second-order valence-electron chi connectivity index (χ2n) is 4.76. The van der Waals surface area contributed by atoms with E-state index in [1.807, 2.05) is 0 Å². The second-order valence-corrected chi connectivity index (χ2v) is 6.96. The Balaban J connectivity index is 2.11. The summed E-state index contributed by atoms with van der Waals surface area (Å²) in [5.41, 5.74) is 4.60. The first kappa shape index (κ1) is 10.2. The van der Waals surface area contributed by atoms with Crippen LogP contribution in [0.3, 0.4) is 0 Å². The van der Waals surface area contributed by atoms with Crippen molar-refractivity contribution >= 4 is 17.0 Å². The Labute approximate surface area is 100 Å². The Kier molecular flexibility index (Phi) is 2.44. The molecular formula is C15H17S+. The minimum atomic E-state index is 0.427. The Hall–Kier alpha value is -0.950. The zero-order valence-electron chi connectivity index (χ0n) is 9.86. The van der Waals surface area contributed by atoms with E-state index in [4.69, 9.17) is 0 Å². The van der Waals surface area contributed by atoms with E-state index in [0.717, 1.165) is 5.25 Å². The zero-order valence-corrected chi connectivity index (χ0v) is 10.7. The number of hydrogen-bond donors (Lipinski definition) is 0. The fourth-order valence-electron chi connectivity index (χ4n) is 2.63. The van der Waals surface area contributed by atoms with Crippen LogP contribution in [0.15, 0.2) is 46.4 Å². The molecule has 0 saturated heterocycles. The molecule has 0 amide bonds. The van der Waals surface area contributed by atoms with Gasteiger partial charge in [0.2, 0.25) is 0 Å². The van der Waals surface area contributed by atoms with E-state index < -0.39 is 0 Å². The van der Waals surface area contributed by atoms with Gasteiger partial charge in [-0.15, -0.1) is 0 Å². The molecule has 2 atom stereocenters. The summed E-state index contributed by atoms with van der Waals surface area (Å²) in [5, 5.41) is 0.778. The molecule has 2 heterocycles. The van der Waals surface area contributed by atoms with E-state index in [1.54, 1.807) is 16.0 Å². The molecular weight excluding hydrogens is 212 g/mol. The molecule has 0 aromatic heterocycles. The van der Waals surface area contributed by atoms with Crippen LogP contribution in [0.1, 0.15) is 25.8 Å². The number of rotatable bonds is 0. The van der Waals surface area contributed by atoms with Gasteiger partial charge in [-0.05, 0) is 43.7 Å². The largest absolute Gasteiger partial charge is 0.163 e. The van der Waals surface area contributed by atoms with E-state index in [9.17, 15) is 0 Å². The highest BCUT2D eigenvalue weighted by Crippen LogP contribution is 2.38. The topological polar surface area (TPSA) is 0 Å². The maximum atomic E-state index is 2.44. The first-order valence-electron chi connectivity index (χ1n) is 5.88. The first-order chi connectivity index (χ1) is 7.75. The third-order valence-corrected chi connectivity index (χ3v) is 6.24. The molecule has 0 saturated carbocycles. The lowest BCUT2D eigenvalue weighted by Crippen LogP contribution is -2.31. The third-order valence-electron chi connectivity index (χ3n) is 3.55. The molecule has 0 N–H and O–H groups in total. The lowest BCUT2D eigenvalue weighted by Gasteiger charge is -2.27. The van der Waals surface area contributed by atoms with Gasteiger partial charge in [-0.2, -0.15) is 0 Å². The Bertz CT molecular complexity index is 482. The lowest BCUT2D eigenvalue weighted by atomic mass is 10.0. The molecule has 2 aliphatic heterocycles. The van der Waals surface area contributed by atoms with Crippen molar-refractivity contribution in [2.45, 2.75) is 30.4 Å². The van der Waals surface area contributed by atoms with Gasteiger partial charge in [0.15, 0.2) is 4.90 Å². The van der Waals surface area contributed by atoms with E-state index in [0.29, 0.717) is 10.9 Å². The van der Waals surface area contributed by atoms with E-state index in [1.165, 1.54) is 17.7 Å². The zero-order chi connectivity index (χ0) is 11.1. The van der Waals surface area contributed by atoms with Gasteiger partial charge in [-0.1, -0.05) is 17.7 Å². The Morgan fingerprint density at radius 3 is 2.88 bits per heavy atom. The number of allylic oxidation sites excluding steroid dienone is 1. The molecule has 0 spiro atoms. The van der Waals surface area contributed by atoms with Crippen LogP contribution in [0.25, 0.3) is 6.08 Å². The highest BCUT2D eigenvalue weighted by Gasteiger charge is 2.40. The van der Waals surface area contributed by atoms with Crippen molar-refractivity contribution < 1.29 is 0 Å². The van der Waals surface area contributed by atoms with Gasteiger partial charge in [0, 0.05) is 22.9 Å². The van der Waals surface area contributed by atoms with Crippen molar-refractivity contribution in [2.75, 3.05) is 5.75 Å². The fraction of sp³-hybridized carbons (Fsp3) is 0.333. The summed E-state index contributed by atoms with van der Waals surface area (Å²) in [4.78, 5) is 1.59. The number of hydrogen-bond acceptors (Lipinski definition) is 0. The van der Waals surface area contributed by atoms with Crippen LogP contribution in [0.4, 0.5) is 0 Å². The van der Waals surface area contributed by atoms with Crippen LogP contribution >= 0.6 is 0 Å². The number of fused-ring (bicyclic) bond motifs is 3. The van der Waals surface area contributed by atoms with Gasteiger partial charge in [0.05, 0.1) is 0 Å². The van der Waals surface area contributed by atoms with Gasteiger partial charge in [-0.3, -0.25) is 0 Å². The van der Waals surface area contributed by atoms with Crippen LogP contribution in [0.5, 0.6) is 0 Å². The molecule has 16 heavy (non-hydrogen) atoms. The SMILES string of the molecule is CC1=CC[S+]2c3ccccc3C=C(C)C2C1. The molecule has 2 unspecified atom stereocenters. The minimum absolute atomic E-state index is 0.427. The summed E-state index contributed by atoms with van der Waals surface area (Å²) in [6, 6.07) is 8.91. The maximum Gasteiger partial charge on any atom is 0.163 e. The van der Waals surface area contributed by atoms with Crippen molar-refractivity contribution in [3.05, 3.63) is 47.1 Å². The highest BCUT2D eigenvalue weighted by molar-refractivity contribution is 7.98. The van der Waals surface area contributed by atoms with Crippen LogP contribution in [0.2, 0.25) is 0 Å². The predicted molar refractivity (Wildman–Crippen MR) is 72.8 cm³/mol. The standard InChI is InChI=1S/C15H17S/c1-11-7-8-16-14-6-4-3-5-13(14)10-12(2)15(16)9-11/h3-7,10,15H,8-9H2,1-2H3/q+1. The molecule has 0 radical (unpaired) electrons. The van der Waals surface area contributed by atoms with E-state index in [-0.39, 0.29) is 0 Å². The molecule has 0 nitrogen and oxygen atoms in total. The molecule has 1 aromatic carbocycles. The van der Waals surface area contributed by atoms with E-state index in [2.05, 4.69) is 50.3 Å². The van der Waals surface area contributed by atoms with E-state index >= 15 is 0 Å². The average Bonchev–Trinajstić information content (AvgIpc) is 2.29. The lowest BCUT2D eigenvalue weighted by molar-refractivity contribution is 0.913. The smallest absolute Gasteiger partial charge is 0.0673 e. The predicted octanol–water partition coefficient (Wildman–Crippen LogP) is 3.80. The monoisotopic (exact) mass is 229 g/mol. The average molecular weight is 229 g/mol. The summed E-state index contributed by atoms with van der Waals surface area (Å²) < 4.78 is 0. The molecule has 1 aromatic rings. The minimum Gasteiger partial charge on any atom is -0.0673 e. The van der Waals surface area contributed by atoms with Gasteiger partial charge in [-0.25, -0.2) is 0 Å². The number of benzene rings is 1. The normalized spacial score (nSPS) is 27.6. The first-order valence-corrected chi connectivity index (χ1v) is 7.34. The molecule has 2 aliphatic rings. The highest BCUT2D eigenvalue weighted by atomic mass is 32.2. The summed E-state index contributed by atoms with van der Waals surface area (Å²) >= 11 is 0. The fourth-order valence-corrected chi connectivity index (χ4v) is 5.48. The Morgan fingerprint density at radius 1 is 1.19 bits per heavy atom. The molecule has 0 aliphatic carbocycles. The molecule has 82 valence electrons. The summed E-state index contributed by atoms with van der Waals surface area (Å²) in [7, 11) is 0.427. The summed E-state index contributed by atoms with van der Waals surface area (Å²) in [6.07, 6.45) is 6.09. The van der Waals surface area contributed by atoms with Gasteiger partial charge in [0.1, 0.15) is 11.0 Å². The second kappa shape index (κ2) is 3.81. The van der Waals surface area contributed by atoms with Gasteiger partial charge < -0.3 is 0 Å². The third kappa shape index (κ3) is 1.54. The summed E-state index contributed by atoms with van der Waals surface area (Å²) in [6.45, 7) is 4.58. The maximum absolute atomic E-state index is 2.44. The van der Waals surface area contributed by atoms with Crippen molar-refractivity contribution in [1.82, 2.24) is 0 Å². The van der Waals surface area contributed by atoms with Crippen molar-refractivity contribution in [1.29, 1.82) is 0 Å². The van der Waals surface area contributed by atoms with Crippen LogP contribution in [-0.2, 0) is 10.9 Å². The van der Waals surface area contributed by atoms with Crippen LogP contribution in [0, 0.1) is 0 Å². The molecule has 0 bridgehead atoms. The summed E-state index contributed by atoms with van der Waals surface area (Å²) in [5.74, 6) is 1.25. The van der Waals surface area contributed by atoms with Crippen LogP contribution in [-0.4, -0.2) is 11.0 Å². The molecule has 1 heteroatoms. The van der Waals surface area contributed by atoms with Crippen LogP contribution < -0.4 is 0 Å². The quantitative estimate of drug-likeness (QED) is 0.469. The Morgan fingerprint density at radius 2 is 2.00 bits per heavy atom. The van der Waals surface area contributed by atoms with Gasteiger partial charge >= 0.3 is 0 Å². The molecule has 3 rings (SSSR count). The molecule has 0 fully saturated rings. The van der Waals surface area contributed by atoms with Crippen molar-refractivity contribution in [3.63, 3.8) is 0 Å².